The zero-order valence-corrected chi connectivity index (χ0v) is 8.37. The van der Waals surface area contributed by atoms with Gasteiger partial charge >= 0.3 is 0 Å². The molecule has 12 heavy (non-hydrogen) atoms. The van der Waals surface area contributed by atoms with Crippen LogP contribution in [0.3, 0.4) is 0 Å². The fraction of sp³-hybridized carbons (Fsp3) is 0.222. The monoisotopic (exact) mass is 224 g/mol. The number of pyridine rings is 1. The van der Waals surface area contributed by atoms with E-state index in [0.29, 0.717) is 0 Å². The molecule has 0 bridgehead atoms. The Bertz CT molecular complexity index is 406. The first-order chi connectivity index (χ1) is 5.83. The highest BCUT2D eigenvalue weighted by Crippen LogP contribution is 2.21. The molecule has 0 spiro atoms. The molecule has 3 heteroatoms. The maximum atomic E-state index is 4.24. The molecule has 0 aromatic carbocycles. The predicted molar refractivity (Wildman–Crippen MR) is 52.3 cm³/mol. The van der Waals surface area contributed by atoms with Crippen LogP contribution >= 0.6 is 15.9 Å². The number of imidazole rings is 1. The summed E-state index contributed by atoms with van der Waals surface area (Å²) in [6, 6.07) is 2.11. The third kappa shape index (κ3) is 1.05. The number of rotatable bonds is 1. The molecule has 2 aromatic heterocycles. The summed E-state index contributed by atoms with van der Waals surface area (Å²) in [5.74, 6) is 0. The zero-order valence-electron chi connectivity index (χ0n) is 6.79. The first kappa shape index (κ1) is 7.80. The van der Waals surface area contributed by atoms with Crippen molar-refractivity contribution in [1.82, 2.24) is 9.38 Å². The molecule has 0 saturated carbocycles. The minimum absolute atomic E-state index is 0.995. The van der Waals surface area contributed by atoms with Gasteiger partial charge in [0.1, 0.15) is 0 Å². The van der Waals surface area contributed by atoms with Gasteiger partial charge in [-0.25, -0.2) is 4.98 Å². The lowest BCUT2D eigenvalue weighted by molar-refractivity contribution is 1.08. The molecule has 0 aliphatic rings. The van der Waals surface area contributed by atoms with Gasteiger partial charge in [0, 0.05) is 18.6 Å². The highest BCUT2D eigenvalue weighted by Gasteiger charge is 2.03. The molecule has 0 fully saturated rings. The van der Waals surface area contributed by atoms with E-state index in [-0.39, 0.29) is 0 Å². The van der Waals surface area contributed by atoms with Gasteiger partial charge in [-0.05, 0) is 34.0 Å². The predicted octanol–water partition coefficient (Wildman–Crippen LogP) is 2.66. The number of fused-ring (bicyclic) bond motifs is 1. The van der Waals surface area contributed by atoms with Crippen LogP contribution in [0.1, 0.15) is 12.5 Å². The van der Waals surface area contributed by atoms with E-state index in [4.69, 9.17) is 0 Å². The average Bonchev–Trinajstić information content (AvgIpc) is 2.53. The van der Waals surface area contributed by atoms with Crippen LogP contribution in [-0.4, -0.2) is 9.38 Å². The first-order valence-electron chi connectivity index (χ1n) is 3.93. The van der Waals surface area contributed by atoms with Crippen molar-refractivity contribution in [2.45, 2.75) is 13.3 Å². The van der Waals surface area contributed by atoms with Gasteiger partial charge in [-0.2, -0.15) is 0 Å². The highest BCUT2D eigenvalue weighted by molar-refractivity contribution is 9.10. The van der Waals surface area contributed by atoms with Gasteiger partial charge < -0.3 is 4.40 Å². The van der Waals surface area contributed by atoms with Gasteiger partial charge in [0.25, 0.3) is 0 Å². The van der Waals surface area contributed by atoms with Gasteiger partial charge in [-0.1, -0.05) is 6.92 Å². The SMILES string of the molecule is CCc1ccn2ccnc2c1Br. The van der Waals surface area contributed by atoms with E-state index in [1.54, 1.807) is 6.20 Å². The van der Waals surface area contributed by atoms with Crippen LogP contribution < -0.4 is 0 Å². The van der Waals surface area contributed by atoms with Gasteiger partial charge in [0.05, 0.1) is 4.47 Å². The summed E-state index contributed by atoms with van der Waals surface area (Å²) >= 11 is 3.54. The second kappa shape index (κ2) is 2.90. The van der Waals surface area contributed by atoms with Crippen molar-refractivity contribution in [3.63, 3.8) is 0 Å². The van der Waals surface area contributed by atoms with Crippen molar-refractivity contribution in [2.75, 3.05) is 0 Å². The van der Waals surface area contributed by atoms with Crippen molar-refractivity contribution in [2.24, 2.45) is 0 Å². The second-order valence-electron chi connectivity index (χ2n) is 2.67. The highest BCUT2D eigenvalue weighted by atomic mass is 79.9. The Morgan fingerprint density at radius 2 is 2.33 bits per heavy atom. The Balaban J connectivity index is 2.78. The first-order valence-corrected chi connectivity index (χ1v) is 4.72. The molecule has 62 valence electrons. The minimum Gasteiger partial charge on any atom is -0.306 e. The van der Waals surface area contributed by atoms with E-state index in [1.165, 1.54) is 5.56 Å². The topological polar surface area (TPSA) is 17.3 Å². The van der Waals surface area contributed by atoms with Crippen LogP contribution in [-0.2, 0) is 6.42 Å². The molecule has 0 atom stereocenters. The van der Waals surface area contributed by atoms with Gasteiger partial charge in [0.2, 0.25) is 0 Å². The van der Waals surface area contributed by atoms with Crippen LogP contribution in [0.4, 0.5) is 0 Å². The van der Waals surface area contributed by atoms with Crippen LogP contribution in [0.5, 0.6) is 0 Å². The molecule has 0 unspecified atom stereocenters. The summed E-state index contributed by atoms with van der Waals surface area (Å²) in [5, 5.41) is 0. The molecule has 2 heterocycles. The third-order valence-electron chi connectivity index (χ3n) is 1.96. The Morgan fingerprint density at radius 1 is 1.50 bits per heavy atom. The smallest absolute Gasteiger partial charge is 0.151 e. The molecule has 0 N–H and O–H groups in total. The number of aryl methyl sites for hydroxylation is 1. The van der Waals surface area contributed by atoms with Crippen molar-refractivity contribution in [3.05, 3.63) is 34.7 Å². The molecule has 0 saturated heterocycles. The summed E-state index contributed by atoms with van der Waals surface area (Å²) in [6.07, 6.45) is 6.81. The molecule has 2 nitrogen and oxygen atoms in total. The van der Waals surface area contributed by atoms with E-state index >= 15 is 0 Å². The second-order valence-corrected chi connectivity index (χ2v) is 3.46. The summed E-state index contributed by atoms with van der Waals surface area (Å²) in [4.78, 5) is 4.24. The Labute approximate surface area is 79.4 Å². The Morgan fingerprint density at radius 3 is 3.08 bits per heavy atom. The normalized spacial score (nSPS) is 10.8. The molecule has 0 aliphatic carbocycles. The van der Waals surface area contributed by atoms with E-state index in [1.807, 2.05) is 16.8 Å². The summed E-state index contributed by atoms with van der Waals surface area (Å²) < 4.78 is 3.11. The van der Waals surface area contributed by atoms with E-state index < -0.39 is 0 Å². The van der Waals surface area contributed by atoms with Gasteiger partial charge in [0.15, 0.2) is 5.65 Å². The van der Waals surface area contributed by atoms with Crippen LogP contribution in [0, 0.1) is 0 Å². The fourth-order valence-electron chi connectivity index (χ4n) is 1.26. The van der Waals surface area contributed by atoms with E-state index in [2.05, 4.69) is 33.9 Å². The van der Waals surface area contributed by atoms with Crippen molar-refractivity contribution in [1.29, 1.82) is 0 Å². The lowest BCUT2D eigenvalue weighted by Gasteiger charge is -2.01. The maximum Gasteiger partial charge on any atom is 0.151 e. The van der Waals surface area contributed by atoms with E-state index in [9.17, 15) is 0 Å². The molecular weight excluding hydrogens is 216 g/mol. The molecular formula is C9H9BrN2. The molecule has 0 amide bonds. The van der Waals surface area contributed by atoms with Gasteiger partial charge in [-0.15, -0.1) is 0 Å². The Kier molecular flexibility index (Phi) is 1.89. The molecule has 0 radical (unpaired) electrons. The number of hydrogen-bond donors (Lipinski definition) is 0. The zero-order chi connectivity index (χ0) is 8.55. The number of hydrogen-bond acceptors (Lipinski definition) is 1. The maximum absolute atomic E-state index is 4.24. The van der Waals surface area contributed by atoms with Crippen LogP contribution in [0.25, 0.3) is 5.65 Å². The largest absolute Gasteiger partial charge is 0.306 e. The average molecular weight is 225 g/mol. The number of nitrogens with zero attached hydrogens (tertiary/aromatic N) is 2. The fourth-order valence-corrected chi connectivity index (χ4v) is 1.98. The summed E-state index contributed by atoms with van der Waals surface area (Å²) in [6.45, 7) is 2.14. The van der Waals surface area contributed by atoms with E-state index in [0.717, 1.165) is 16.5 Å². The molecule has 2 rings (SSSR count). The number of halogens is 1. The molecule has 2 aromatic rings. The van der Waals surface area contributed by atoms with Crippen LogP contribution in [0.15, 0.2) is 29.1 Å². The summed E-state index contributed by atoms with van der Waals surface area (Å²) in [5.41, 5.74) is 2.29. The standard InChI is InChI=1S/C9H9BrN2/c1-2-7-3-5-12-6-4-11-9(12)8(7)10/h3-6H,2H2,1H3. The third-order valence-corrected chi connectivity index (χ3v) is 2.83. The van der Waals surface area contributed by atoms with Crippen molar-refractivity contribution in [3.8, 4) is 0 Å². The minimum atomic E-state index is 0.995. The summed E-state index contributed by atoms with van der Waals surface area (Å²) in [7, 11) is 0. The quantitative estimate of drug-likeness (QED) is 0.729. The lowest BCUT2D eigenvalue weighted by atomic mass is 10.2. The van der Waals surface area contributed by atoms with Crippen molar-refractivity contribution >= 4 is 21.6 Å². The molecule has 0 aliphatic heterocycles. The van der Waals surface area contributed by atoms with Gasteiger partial charge in [-0.3, -0.25) is 0 Å². The lowest BCUT2D eigenvalue weighted by Crippen LogP contribution is -1.89. The Hall–Kier alpha value is -0.830. The van der Waals surface area contributed by atoms with Crippen molar-refractivity contribution < 1.29 is 0 Å². The number of aromatic nitrogens is 2. The van der Waals surface area contributed by atoms with Crippen LogP contribution in [0.2, 0.25) is 0 Å².